The Hall–Kier alpha value is -2.82. The maximum Gasteiger partial charge on any atom is 0.227 e. The molecule has 0 aromatic heterocycles. The van der Waals surface area contributed by atoms with Crippen molar-refractivity contribution < 1.29 is 14.3 Å². The molecule has 0 fully saturated rings. The minimum absolute atomic E-state index is 0.0275. The standard InChI is InChI=1S/C19H20N2O3/c1-21(13-14-5-3-2-4-6-14)19(23)12-15-7-8-17-16(11-15)20-18(22)9-10-24-17/h2-8,11H,9-10,12-13H2,1H3,(H,20,22). The second kappa shape index (κ2) is 7.17. The van der Waals surface area contributed by atoms with E-state index in [1.807, 2.05) is 42.5 Å². The lowest BCUT2D eigenvalue weighted by atomic mass is 10.1. The molecule has 24 heavy (non-hydrogen) atoms. The Labute approximate surface area is 141 Å². The minimum Gasteiger partial charge on any atom is -0.491 e. The highest BCUT2D eigenvalue weighted by Crippen LogP contribution is 2.28. The molecule has 1 heterocycles. The van der Waals surface area contributed by atoms with Crippen molar-refractivity contribution in [1.29, 1.82) is 0 Å². The molecule has 1 N–H and O–H groups in total. The van der Waals surface area contributed by atoms with Crippen LogP contribution in [-0.4, -0.2) is 30.4 Å². The fraction of sp³-hybridized carbons (Fsp3) is 0.263. The largest absolute Gasteiger partial charge is 0.491 e. The maximum atomic E-state index is 12.4. The SMILES string of the molecule is CN(Cc1ccccc1)C(=O)Cc1ccc2c(c1)NC(=O)CCO2. The number of amides is 2. The number of benzene rings is 2. The minimum atomic E-state index is -0.0709. The number of hydrogen-bond acceptors (Lipinski definition) is 3. The molecular weight excluding hydrogens is 304 g/mol. The monoisotopic (exact) mass is 324 g/mol. The zero-order valence-corrected chi connectivity index (χ0v) is 13.6. The van der Waals surface area contributed by atoms with Gasteiger partial charge >= 0.3 is 0 Å². The van der Waals surface area contributed by atoms with Gasteiger partial charge in [-0.1, -0.05) is 36.4 Å². The van der Waals surface area contributed by atoms with Gasteiger partial charge in [-0.3, -0.25) is 9.59 Å². The Morgan fingerprint density at radius 2 is 1.96 bits per heavy atom. The van der Waals surface area contributed by atoms with Crippen molar-refractivity contribution in [2.75, 3.05) is 19.0 Å². The van der Waals surface area contributed by atoms with E-state index in [0.29, 0.717) is 31.0 Å². The summed E-state index contributed by atoms with van der Waals surface area (Å²) in [5.74, 6) is 0.604. The number of carbonyl (C=O) groups is 2. The summed E-state index contributed by atoms with van der Waals surface area (Å²) in [6, 6.07) is 15.4. The van der Waals surface area contributed by atoms with E-state index in [4.69, 9.17) is 4.74 Å². The smallest absolute Gasteiger partial charge is 0.227 e. The highest BCUT2D eigenvalue weighted by molar-refractivity contribution is 5.93. The number of nitrogens with zero attached hydrogens (tertiary/aromatic N) is 1. The van der Waals surface area contributed by atoms with Crippen molar-refractivity contribution in [3.63, 3.8) is 0 Å². The van der Waals surface area contributed by atoms with Crippen molar-refractivity contribution in [2.24, 2.45) is 0 Å². The van der Waals surface area contributed by atoms with Gasteiger partial charge in [0.1, 0.15) is 5.75 Å². The van der Waals surface area contributed by atoms with Crippen LogP contribution in [0.3, 0.4) is 0 Å². The van der Waals surface area contributed by atoms with E-state index in [1.54, 1.807) is 18.0 Å². The van der Waals surface area contributed by atoms with Crippen molar-refractivity contribution in [3.8, 4) is 5.75 Å². The quantitative estimate of drug-likeness (QED) is 0.940. The van der Waals surface area contributed by atoms with E-state index < -0.39 is 0 Å². The van der Waals surface area contributed by atoms with E-state index in [9.17, 15) is 9.59 Å². The summed E-state index contributed by atoms with van der Waals surface area (Å²) in [6.07, 6.45) is 0.620. The van der Waals surface area contributed by atoms with Crippen LogP contribution in [-0.2, 0) is 22.6 Å². The third-order valence-electron chi connectivity index (χ3n) is 3.95. The molecule has 0 saturated heterocycles. The Morgan fingerprint density at radius 3 is 2.75 bits per heavy atom. The summed E-state index contributed by atoms with van der Waals surface area (Å²) in [5, 5.41) is 2.82. The number of carbonyl (C=O) groups excluding carboxylic acids is 2. The van der Waals surface area contributed by atoms with E-state index in [0.717, 1.165) is 11.1 Å². The lowest BCUT2D eigenvalue weighted by molar-refractivity contribution is -0.129. The first-order chi connectivity index (χ1) is 11.6. The van der Waals surface area contributed by atoms with Gasteiger partial charge in [-0.15, -0.1) is 0 Å². The predicted octanol–water partition coefficient (Wildman–Crippen LogP) is 2.61. The normalized spacial score (nSPS) is 13.3. The molecule has 124 valence electrons. The number of fused-ring (bicyclic) bond motifs is 1. The summed E-state index contributed by atoms with van der Waals surface area (Å²) < 4.78 is 5.53. The van der Waals surface area contributed by atoms with Crippen LogP contribution in [0.5, 0.6) is 5.75 Å². The van der Waals surface area contributed by atoms with Gasteiger partial charge in [0.2, 0.25) is 11.8 Å². The number of ether oxygens (including phenoxy) is 1. The van der Waals surface area contributed by atoms with Crippen molar-refractivity contribution in [2.45, 2.75) is 19.4 Å². The maximum absolute atomic E-state index is 12.4. The van der Waals surface area contributed by atoms with Crippen LogP contribution in [0.2, 0.25) is 0 Å². The molecule has 0 aliphatic carbocycles. The van der Waals surface area contributed by atoms with Crippen LogP contribution in [0.25, 0.3) is 0 Å². The van der Waals surface area contributed by atoms with Gasteiger partial charge in [-0.05, 0) is 23.3 Å². The highest BCUT2D eigenvalue weighted by Gasteiger charge is 2.16. The Morgan fingerprint density at radius 1 is 1.17 bits per heavy atom. The number of likely N-dealkylation sites (N-methyl/N-ethyl adjacent to an activating group) is 1. The summed E-state index contributed by atoms with van der Waals surface area (Å²) in [5.41, 5.74) is 2.58. The van der Waals surface area contributed by atoms with E-state index in [-0.39, 0.29) is 18.2 Å². The topological polar surface area (TPSA) is 58.6 Å². The van der Waals surface area contributed by atoms with Crippen molar-refractivity contribution in [1.82, 2.24) is 4.90 Å². The molecule has 2 aromatic carbocycles. The average Bonchev–Trinajstić information content (AvgIpc) is 2.75. The number of hydrogen-bond donors (Lipinski definition) is 1. The van der Waals surface area contributed by atoms with Gasteiger partial charge in [-0.2, -0.15) is 0 Å². The van der Waals surface area contributed by atoms with Crippen molar-refractivity contribution >= 4 is 17.5 Å². The zero-order chi connectivity index (χ0) is 16.9. The molecule has 1 aliphatic rings. The van der Waals surface area contributed by atoms with Gasteiger partial charge < -0.3 is 15.0 Å². The van der Waals surface area contributed by atoms with Gasteiger partial charge in [0.15, 0.2) is 0 Å². The van der Waals surface area contributed by atoms with Crippen LogP contribution in [0.15, 0.2) is 48.5 Å². The summed E-state index contributed by atoms with van der Waals surface area (Å²) in [7, 11) is 1.80. The van der Waals surface area contributed by atoms with Gasteiger partial charge in [0.25, 0.3) is 0 Å². The summed E-state index contributed by atoms with van der Waals surface area (Å²) in [4.78, 5) is 25.8. The van der Waals surface area contributed by atoms with Crippen LogP contribution in [0.4, 0.5) is 5.69 Å². The van der Waals surface area contributed by atoms with Gasteiger partial charge in [-0.25, -0.2) is 0 Å². The lowest BCUT2D eigenvalue weighted by Gasteiger charge is -2.18. The molecule has 2 amide bonds. The van der Waals surface area contributed by atoms with Gasteiger partial charge in [0, 0.05) is 13.6 Å². The second-order valence-electron chi connectivity index (χ2n) is 5.89. The van der Waals surface area contributed by atoms with E-state index >= 15 is 0 Å². The molecule has 0 bridgehead atoms. The van der Waals surface area contributed by atoms with Crippen LogP contribution in [0, 0.1) is 0 Å². The molecule has 5 heteroatoms. The van der Waals surface area contributed by atoms with Gasteiger partial charge in [0.05, 0.1) is 25.1 Å². The number of rotatable bonds is 4. The first kappa shape index (κ1) is 16.1. The predicted molar refractivity (Wildman–Crippen MR) is 91.8 cm³/mol. The fourth-order valence-electron chi connectivity index (χ4n) is 2.63. The second-order valence-corrected chi connectivity index (χ2v) is 5.89. The van der Waals surface area contributed by atoms with Crippen LogP contribution in [0.1, 0.15) is 17.5 Å². The molecule has 0 spiro atoms. The Bertz CT molecular complexity index is 744. The Kier molecular flexibility index (Phi) is 4.79. The average molecular weight is 324 g/mol. The van der Waals surface area contributed by atoms with Crippen molar-refractivity contribution in [3.05, 3.63) is 59.7 Å². The van der Waals surface area contributed by atoms with Crippen LogP contribution >= 0.6 is 0 Å². The first-order valence-electron chi connectivity index (χ1n) is 7.95. The number of anilines is 1. The van der Waals surface area contributed by atoms with E-state index in [1.165, 1.54) is 0 Å². The highest BCUT2D eigenvalue weighted by atomic mass is 16.5. The summed E-state index contributed by atoms with van der Waals surface area (Å²) >= 11 is 0. The molecule has 3 rings (SSSR count). The first-order valence-corrected chi connectivity index (χ1v) is 7.95. The molecule has 2 aromatic rings. The lowest BCUT2D eigenvalue weighted by Crippen LogP contribution is -2.27. The molecular formula is C19H20N2O3. The molecule has 0 radical (unpaired) electrons. The molecule has 1 aliphatic heterocycles. The molecule has 0 atom stereocenters. The van der Waals surface area contributed by atoms with Crippen LogP contribution < -0.4 is 10.1 Å². The molecule has 0 unspecified atom stereocenters. The van der Waals surface area contributed by atoms with E-state index in [2.05, 4.69) is 5.32 Å². The summed E-state index contributed by atoms with van der Waals surface area (Å²) in [6.45, 7) is 0.946. The molecule has 5 nitrogen and oxygen atoms in total. The fourth-order valence-corrected chi connectivity index (χ4v) is 2.63. The third-order valence-corrected chi connectivity index (χ3v) is 3.95. The third kappa shape index (κ3) is 3.93. The molecule has 0 saturated carbocycles. The zero-order valence-electron chi connectivity index (χ0n) is 13.6. The Balaban J connectivity index is 1.67. The number of nitrogens with one attached hydrogen (secondary N) is 1.